The van der Waals surface area contributed by atoms with E-state index in [1.165, 1.54) is 44.1 Å². The van der Waals surface area contributed by atoms with Crippen molar-refractivity contribution in [2.24, 2.45) is 17.0 Å². The summed E-state index contributed by atoms with van der Waals surface area (Å²) in [6.45, 7) is 13.3. The van der Waals surface area contributed by atoms with Crippen LogP contribution in [0.2, 0.25) is 0 Å². The minimum Gasteiger partial charge on any atom is -0.355 e. The Hall–Kier alpha value is -3.47. The summed E-state index contributed by atoms with van der Waals surface area (Å²) in [5, 5.41) is 5.81. The summed E-state index contributed by atoms with van der Waals surface area (Å²) in [4.78, 5) is 14.0. The molecule has 0 spiro atoms. The van der Waals surface area contributed by atoms with Gasteiger partial charge in [-0.05, 0) is 91.2 Å². The van der Waals surface area contributed by atoms with Crippen LogP contribution in [0.5, 0.6) is 0 Å². The van der Waals surface area contributed by atoms with E-state index in [9.17, 15) is 0 Å². The fourth-order valence-electron chi connectivity index (χ4n) is 5.66. The van der Waals surface area contributed by atoms with Crippen LogP contribution < -0.4 is 15.4 Å². The number of aromatic nitrogens is 3. The van der Waals surface area contributed by atoms with Crippen molar-refractivity contribution in [1.82, 2.24) is 10.1 Å². The van der Waals surface area contributed by atoms with E-state index in [0.29, 0.717) is 0 Å². The van der Waals surface area contributed by atoms with Gasteiger partial charge in [-0.3, -0.25) is 0 Å². The average Bonchev–Trinajstić information content (AvgIpc) is 3.52. The molecule has 0 aromatic carbocycles. The molecule has 0 aliphatic carbocycles. The van der Waals surface area contributed by atoms with Gasteiger partial charge in [0.2, 0.25) is 5.69 Å². The van der Waals surface area contributed by atoms with Crippen molar-refractivity contribution in [3.63, 3.8) is 0 Å². The zero-order valence-electron chi connectivity index (χ0n) is 22.1. The molecule has 0 amide bonds. The number of fused-ring (bicyclic) bond motifs is 6. The van der Waals surface area contributed by atoms with Crippen LogP contribution in [0.15, 0.2) is 49.7 Å². The first kappa shape index (κ1) is 23.3. The summed E-state index contributed by atoms with van der Waals surface area (Å²) in [7, 11) is 2.05. The molecule has 0 saturated carbocycles. The monoisotopic (exact) mass is 466 g/mol. The first-order valence-electron chi connectivity index (χ1n) is 12.9. The second-order valence-electron chi connectivity index (χ2n) is 9.57. The highest BCUT2D eigenvalue weighted by Gasteiger charge is 2.23. The second-order valence-corrected chi connectivity index (χ2v) is 9.57. The zero-order valence-corrected chi connectivity index (χ0v) is 22.1. The molecular weight excluding hydrogens is 430 g/mol. The van der Waals surface area contributed by atoms with Gasteiger partial charge in [-0.2, -0.15) is 5.10 Å². The van der Waals surface area contributed by atoms with Crippen LogP contribution in [0.3, 0.4) is 0 Å². The van der Waals surface area contributed by atoms with Crippen LogP contribution in [-0.2, 0) is 19.9 Å². The number of H-pyrrole nitrogens is 2. The molecule has 3 aliphatic rings. The summed E-state index contributed by atoms with van der Waals surface area (Å²) in [5.41, 5.74) is 14.2. The van der Waals surface area contributed by atoms with E-state index in [4.69, 9.17) is 9.98 Å². The van der Waals surface area contributed by atoms with Crippen molar-refractivity contribution in [1.29, 1.82) is 0 Å². The van der Waals surface area contributed by atoms with Crippen molar-refractivity contribution in [2.45, 2.75) is 67.2 Å². The Morgan fingerprint density at radius 1 is 0.714 bits per heavy atom. The Morgan fingerprint density at radius 3 is 1.71 bits per heavy atom. The number of aliphatic imine (C=N–C) groups is 2. The molecule has 2 aromatic heterocycles. The van der Waals surface area contributed by atoms with Gasteiger partial charge in [-0.15, -0.1) is 4.68 Å². The van der Waals surface area contributed by atoms with Crippen LogP contribution >= 0.6 is 0 Å². The van der Waals surface area contributed by atoms with Gasteiger partial charge >= 0.3 is 0 Å². The number of allylic oxidation sites excluding steroid dienone is 4. The Bertz CT molecular complexity index is 1540. The topological polar surface area (TPSA) is 60.2 Å². The van der Waals surface area contributed by atoms with Crippen LogP contribution in [0.25, 0.3) is 24.3 Å². The Labute approximate surface area is 207 Å². The molecule has 5 heterocycles. The quantitative estimate of drug-likeness (QED) is 0.619. The molecule has 2 N–H and O–H groups in total. The fourth-order valence-corrected chi connectivity index (χ4v) is 5.66. The van der Waals surface area contributed by atoms with Gasteiger partial charge in [0.05, 0.1) is 22.8 Å². The van der Waals surface area contributed by atoms with E-state index < -0.39 is 0 Å². The predicted octanol–water partition coefficient (Wildman–Crippen LogP) is 4.61. The SMILES string of the molecule is CCC1=C(C)C2=Cc3cc([n+](C)[nH]3)C=C3N=C(C=c4[nH]c(c(CC)c4CC)=CC1=N2)C(CC)=C3C. The smallest absolute Gasteiger partial charge is 0.233 e. The van der Waals surface area contributed by atoms with Gasteiger partial charge in [-0.25, -0.2) is 9.98 Å². The lowest BCUT2D eigenvalue weighted by Gasteiger charge is -2.01. The molecule has 0 saturated heterocycles. The summed E-state index contributed by atoms with van der Waals surface area (Å²) in [5.74, 6) is 0. The second kappa shape index (κ2) is 8.95. The first-order chi connectivity index (χ1) is 16.9. The van der Waals surface area contributed by atoms with E-state index in [2.05, 4.69) is 86.7 Å². The van der Waals surface area contributed by atoms with Crippen molar-refractivity contribution < 1.29 is 4.68 Å². The molecule has 8 bridgehead atoms. The zero-order chi connectivity index (χ0) is 24.9. The number of nitrogens with zero attached hydrogens (tertiary/aromatic N) is 3. The minimum absolute atomic E-state index is 0.955. The summed E-state index contributed by atoms with van der Waals surface area (Å²) < 4.78 is 2.05. The van der Waals surface area contributed by atoms with Gasteiger partial charge in [0.25, 0.3) is 0 Å². The third kappa shape index (κ3) is 3.83. The normalized spacial score (nSPS) is 17.2. The van der Waals surface area contributed by atoms with Gasteiger partial charge < -0.3 is 4.98 Å². The third-order valence-corrected chi connectivity index (χ3v) is 7.60. The molecule has 0 radical (unpaired) electrons. The van der Waals surface area contributed by atoms with Crippen LogP contribution in [0.4, 0.5) is 0 Å². The lowest BCUT2D eigenvalue weighted by atomic mass is 10.0. The van der Waals surface area contributed by atoms with Crippen molar-refractivity contribution in [3.05, 3.63) is 73.0 Å². The van der Waals surface area contributed by atoms with Gasteiger partial charge in [0.1, 0.15) is 5.69 Å². The highest BCUT2D eigenvalue weighted by molar-refractivity contribution is 6.24. The lowest BCUT2D eigenvalue weighted by Crippen LogP contribution is -2.32. The number of rotatable bonds is 4. The summed E-state index contributed by atoms with van der Waals surface area (Å²) >= 11 is 0. The lowest BCUT2D eigenvalue weighted by molar-refractivity contribution is -0.728. The number of hydrogen-bond acceptors (Lipinski definition) is 2. The summed E-state index contributed by atoms with van der Waals surface area (Å²) in [6, 6.07) is 2.18. The first-order valence-corrected chi connectivity index (χ1v) is 12.9. The molecule has 5 nitrogen and oxygen atoms in total. The van der Waals surface area contributed by atoms with E-state index in [0.717, 1.165) is 59.9 Å². The molecule has 0 atom stereocenters. The maximum absolute atomic E-state index is 5.11. The van der Waals surface area contributed by atoms with E-state index >= 15 is 0 Å². The van der Waals surface area contributed by atoms with Gasteiger partial charge in [-0.1, -0.05) is 27.7 Å². The minimum atomic E-state index is 0.955. The van der Waals surface area contributed by atoms with Crippen LogP contribution in [0.1, 0.15) is 76.9 Å². The standard InChI is InChI=1S/C30H35N5/c1-8-21-17(5)25-13-19-12-20(35(7)34-19)14-26-18(6)22(9-2)28(32-26)16-30-24(11-4)23(10-3)29(33-30)15-27(21)31-25/h12-16H,8-11H2,1-7H3,(H,31,32,33,34)/p+1. The van der Waals surface area contributed by atoms with Gasteiger partial charge in [0.15, 0.2) is 7.05 Å². The average molecular weight is 467 g/mol. The van der Waals surface area contributed by atoms with Crippen LogP contribution in [0, 0.1) is 0 Å². The van der Waals surface area contributed by atoms with Crippen LogP contribution in [-0.4, -0.2) is 21.5 Å². The number of aryl methyl sites for hydroxylation is 1. The molecule has 5 heteroatoms. The highest BCUT2D eigenvalue weighted by Crippen LogP contribution is 2.31. The molecule has 3 aliphatic heterocycles. The molecule has 35 heavy (non-hydrogen) atoms. The van der Waals surface area contributed by atoms with Crippen molar-refractivity contribution in [3.8, 4) is 0 Å². The Morgan fingerprint density at radius 2 is 1.23 bits per heavy atom. The molecule has 0 unspecified atom stereocenters. The number of hydrogen-bond donors (Lipinski definition) is 2. The van der Waals surface area contributed by atoms with Crippen molar-refractivity contribution in [2.75, 3.05) is 0 Å². The number of nitrogens with one attached hydrogen (secondary N) is 2. The Kier molecular flexibility index (Phi) is 5.96. The highest BCUT2D eigenvalue weighted by atomic mass is 15.3. The van der Waals surface area contributed by atoms with Gasteiger partial charge in [0, 0.05) is 22.8 Å². The Balaban J connectivity index is 1.87. The molecular formula is C30H36N5+. The largest absolute Gasteiger partial charge is 0.355 e. The number of aromatic amines is 2. The maximum atomic E-state index is 5.11. The molecule has 2 aromatic rings. The predicted molar refractivity (Wildman–Crippen MR) is 147 cm³/mol. The van der Waals surface area contributed by atoms with E-state index in [1.54, 1.807) is 0 Å². The van der Waals surface area contributed by atoms with E-state index in [-0.39, 0.29) is 0 Å². The maximum Gasteiger partial charge on any atom is 0.233 e. The molecule has 0 fully saturated rings. The summed E-state index contributed by atoms with van der Waals surface area (Å²) in [6.07, 6.45) is 12.7. The molecule has 180 valence electrons. The molecule has 5 rings (SSSR count). The van der Waals surface area contributed by atoms with E-state index in [1.807, 2.05) is 7.05 Å². The fraction of sp³-hybridized carbons (Fsp3) is 0.367. The third-order valence-electron chi connectivity index (χ3n) is 7.60. The van der Waals surface area contributed by atoms with Crippen molar-refractivity contribution >= 4 is 35.7 Å².